The average molecular weight is 513 g/mol. The van der Waals surface area contributed by atoms with E-state index in [1.54, 1.807) is 65.2 Å². The molecule has 0 aliphatic carbocycles. The predicted octanol–water partition coefficient (Wildman–Crippen LogP) is 4.50. The first-order valence-corrected chi connectivity index (χ1v) is 11.4. The number of nitrogens with zero attached hydrogens (tertiary/aromatic N) is 4. The lowest BCUT2D eigenvalue weighted by Gasteiger charge is -2.19. The Bertz CT molecular complexity index is 1370. The van der Waals surface area contributed by atoms with Crippen LogP contribution in [-0.4, -0.2) is 50.3 Å². The quantitative estimate of drug-likeness (QED) is 0.211. The smallest absolute Gasteiger partial charge is 0.338 e. The molecule has 5 rings (SSSR count). The third-order valence-corrected chi connectivity index (χ3v) is 5.93. The van der Waals surface area contributed by atoms with Gasteiger partial charge in [0.15, 0.2) is 10.8 Å². The van der Waals surface area contributed by atoms with Crippen LogP contribution in [0.5, 0.6) is 0 Å². The summed E-state index contributed by atoms with van der Waals surface area (Å²) < 4.78 is 19.0. The molecule has 2 aromatic carbocycles. The van der Waals surface area contributed by atoms with Crippen LogP contribution in [0.3, 0.4) is 0 Å². The van der Waals surface area contributed by atoms with Gasteiger partial charge in [0.05, 0.1) is 17.5 Å². The highest BCUT2D eigenvalue weighted by Gasteiger charge is 2.40. The molecular weight excluding hydrogens is 495 g/mol. The monoisotopic (exact) mass is 512 g/mol. The maximum absolute atomic E-state index is 12.7. The number of halogens is 2. The van der Waals surface area contributed by atoms with Crippen molar-refractivity contribution in [3.63, 3.8) is 0 Å². The standard InChI is InChI=1S/C24H18Cl2N4O5/c25-20-19-21(29-24(26)28-20)30(13-27-19)18-11-16(35-23(32)15-9-5-2-6-10-15)17(34-18)12-33-22(31)14-7-3-1-4-8-14/h1-10,13,16-18H,11-12H2/t16-,17-,18-/m1/s1. The van der Waals surface area contributed by atoms with Crippen LogP contribution < -0.4 is 0 Å². The van der Waals surface area contributed by atoms with E-state index in [0.717, 1.165) is 0 Å². The van der Waals surface area contributed by atoms with Crippen LogP contribution >= 0.6 is 23.2 Å². The van der Waals surface area contributed by atoms with Gasteiger partial charge in [-0.1, -0.05) is 48.0 Å². The van der Waals surface area contributed by atoms with Crippen LogP contribution in [0.1, 0.15) is 33.4 Å². The third kappa shape index (κ3) is 4.97. The molecular formula is C24H18Cl2N4O5. The fourth-order valence-corrected chi connectivity index (χ4v) is 4.23. The summed E-state index contributed by atoms with van der Waals surface area (Å²) in [6.07, 6.45) is -0.305. The molecule has 0 radical (unpaired) electrons. The summed E-state index contributed by atoms with van der Waals surface area (Å²) >= 11 is 12.1. The van der Waals surface area contributed by atoms with Crippen LogP contribution in [0.25, 0.3) is 11.2 Å². The third-order valence-electron chi connectivity index (χ3n) is 5.50. The van der Waals surface area contributed by atoms with Crippen molar-refractivity contribution in [3.8, 4) is 0 Å². The van der Waals surface area contributed by atoms with Crippen molar-refractivity contribution in [2.45, 2.75) is 24.9 Å². The molecule has 1 aliphatic heterocycles. The molecule has 0 saturated carbocycles. The fourth-order valence-electron chi connectivity index (χ4n) is 3.81. The first kappa shape index (κ1) is 23.2. The van der Waals surface area contributed by atoms with Crippen molar-refractivity contribution >= 4 is 46.3 Å². The molecule has 0 bridgehead atoms. The van der Waals surface area contributed by atoms with Crippen molar-refractivity contribution in [1.29, 1.82) is 0 Å². The molecule has 0 amide bonds. The maximum Gasteiger partial charge on any atom is 0.338 e. The first-order chi connectivity index (χ1) is 17.0. The number of hydrogen-bond acceptors (Lipinski definition) is 8. The molecule has 35 heavy (non-hydrogen) atoms. The number of carbonyl (C=O) groups is 2. The zero-order valence-electron chi connectivity index (χ0n) is 18.1. The van der Waals surface area contributed by atoms with Gasteiger partial charge in [0.2, 0.25) is 5.28 Å². The molecule has 1 fully saturated rings. The van der Waals surface area contributed by atoms with Crippen LogP contribution in [0.15, 0.2) is 67.0 Å². The lowest BCUT2D eigenvalue weighted by molar-refractivity contribution is -0.0563. The summed E-state index contributed by atoms with van der Waals surface area (Å²) in [6.45, 7) is -0.125. The fraction of sp³-hybridized carbons (Fsp3) is 0.208. The summed E-state index contributed by atoms with van der Waals surface area (Å²) in [5.41, 5.74) is 1.53. The Kier molecular flexibility index (Phi) is 6.63. The summed E-state index contributed by atoms with van der Waals surface area (Å²) in [4.78, 5) is 37.6. The topological polar surface area (TPSA) is 105 Å². The minimum atomic E-state index is -0.731. The minimum Gasteiger partial charge on any atom is -0.459 e. The Balaban J connectivity index is 1.38. The summed E-state index contributed by atoms with van der Waals surface area (Å²) in [5.74, 6) is -1.02. The van der Waals surface area contributed by atoms with Gasteiger partial charge >= 0.3 is 11.9 Å². The Morgan fingerprint density at radius 3 is 2.31 bits per heavy atom. The predicted molar refractivity (Wildman–Crippen MR) is 126 cm³/mol. The molecule has 9 nitrogen and oxygen atoms in total. The highest BCUT2D eigenvalue weighted by Crippen LogP contribution is 2.34. The molecule has 0 unspecified atom stereocenters. The molecule has 4 aromatic rings. The number of aromatic nitrogens is 4. The largest absolute Gasteiger partial charge is 0.459 e. The molecule has 178 valence electrons. The van der Waals surface area contributed by atoms with E-state index in [2.05, 4.69) is 15.0 Å². The number of rotatable bonds is 6. The van der Waals surface area contributed by atoms with E-state index in [1.807, 2.05) is 0 Å². The van der Waals surface area contributed by atoms with Crippen molar-refractivity contribution in [2.24, 2.45) is 0 Å². The number of ether oxygens (including phenoxy) is 3. The van der Waals surface area contributed by atoms with Gasteiger partial charge in [-0.25, -0.2) is 19.6 Å². The number of benzene rings is 2. The van der Waals surface area contributed by atoms with E-state index in [0.29, 0.717) is 22.3 Å². The van der Waals surface area contributed by atoms with Gasteiger partial charge in [-0.2, -0.15) is 4.98 Å². The lowest BCUT2D eigenvalue weighted by atomic mass is 10.1. The Morgan fingerprint density at radius 2 is 1.63 bits per heavy atom. The second-order valence-corrected chi connectivity index (χ2v) is 8.44. The first-order valence-electron chi connectivity index (χ1n) is 10.7. The average Bonchev–Trinajstić information content (AvgIpc) is 3.47. The van der Waals surface area contributed by atoms with Gasteiger partial charge in [-0.3, -0.25) is 4.57 Å². The number of fused-ring (bicyclic) bond motifs is 1. The van der Waals surface area contributed by atoms with Gasteiger partial charge in [0.25, 0.3) is 0 Å². The van der Waals surface area contributed by atoms with E-state index in [4.69, 9.17) is 37.4 Å². The van der Waals surface area contributed by atoms with Crippen molar-refractivity contribution in [2.75, 3.05) is 6.61 Å². The normalized spacial score (nSPS) is 19.5. The van der Waals surface area contributed by atoms with Gasteiger partial charge in [-0.05, 0) is 35.9 Å². The van der Waals surface area contributed by atoms with E-state index < -0.39 is 30.4 Å². The molecule has 1 aliphatic rings. The van der Waals surface area contributed by atoms with Gasteiger partial charge in [-0.15, -0.1) is 0 Å². The second-order valence-electron chi connectivity index (χ2n) is 7.75. The van der Waals surface area contributed by atoms with Crippen LogP contribution in [0.4, 0.5) is 0 Å². The lowest BCUT2D eigenvalue weighted by Crippen LogP contribution is -2.32. The Labute approximate surface area is 209 Å². The molecule has 1 saturated heterocycles. The van der Waals surface area contributed by atoms with E-state index >= 15 is 0 Å². The zero-order valence-corrected chi connectivity index (χ0v) is 19.6. The highest BCUT2D eigenvalue weighted by molar-refractivity contribution is 6.35. The number of esters is 2. The van der Waals surface area contributed by atoms with Crippen molar-refractivity contribution in [3.05, 3.63) is 88.6 Å². The van der Waals surface area contributed by atoms with E-state index in [-0.39, 0.29) is 23.5 Å². The molecule has 3 heterocycles. The second kappa shape index (κ2) is 9.99. The van der Waals surface area contributed by atoms with Crippen LogP contribution in [0, 0.1) is 0 Å². The molecule has 11 heteroatoms. The summed E-state index contributed by atoms with van der Waals surface area (Å²) in [6, 6.07) is 17.2. The number of imidazole rings is 1. The maximum atomic E-state index is 12.7. The molecule has 2 aromatic heterocycles. The minimum absolute atomic E-state index is 0.0392. The number of hydrogen-bond donors (Lipinski definition) is 0. The highest BCUT2D eigenvalue weighted by atomic mass is 35.5. The summed E-state index contributed by atoms with van der Waals surface area (Å²) in [7, 11) is 0. The molecule has 0 spiro atoms. The molecule has 3 atom stereocenters. The zero-order chi connectivity index (χ0) is 24.4. The van der Waals surface area contributed by atoms with Crippen molar-refractivity contribution in [1.82, 2.24) is 19.5 Å². The van der Waals surface area contributed by atoms with Gasteiger partial charge in [0, 0.05) is 6.42 Å². The van der Waals surface area contributed by atoms with Gasteiger partial charge < -0.3 is 14.2 Å². The Hall–Kier alpha value is -3.53. The molecule has 0 N–H and O–H groups in total. The van der Waals surface area contributed by atoms with Gasteiger partial charge in [0.1, 0.15) is 30.6 Å². The Morgan fingerprint density at radius 1 is 0.971 bits per heavy atom. The van der Waals surface area contributed by atoms with E-state index in [9.17, 15) is 9.59 Å². The van der Waals surface area contributed by atoms with E-state index in [1.165, 1.54) is 6.33 Å². The number of carbonyl (C=O) groups excluding carboxylic acids is 2. The van der Waals surface area contributed by atoms with Crippen molar-refractivity contribution < 1.29 is 23.8 Å². The van der Waals surface area contributed by atoms with Crippen LogP contribution in [0.2, 0.25) is 10.4 Å². The SMILES string of the molecule is O=C(OC[C@H]1O[C@@H](n2cnc3c(Cl)nc(Cl)nc32)C[C@H]1OC(=O)c1ccccc1)c1ccccc1. The van der Waals surface area contributed by atoms with Crippen LogP contribution in [-0.2, 0) is 14.2 Å². The summed E-state index contributed by atoms with van der Waals surface area (Å²) in [5, 5.41) is 0.0692.